The van der Waals surface area contributed by atoms with Gasteiger partial charge in [0.05, 0.1) is 5.75 Å². The molecule has 1 amide bonds. The molecular formula is C16H14N8O3S2. The van der Waals surface area contributed by atoms with Crippen LogP contribution in [0.3, 0.4) is 0 Å². The number of thioether (sulfide) groups is 1. The highest BCUT2D eigenvalue weighted by molar-refractivity contribution is 7.98. The Bertz CT molecular complexity index is 1090. The van der Waals surface area contributed by atoms with Gasteiger partial charge in [-0.15, -0.1) is 20.4 Å². The maximum Gasteiger partial charge on any atom is 0.277 e. The minimum atomic E-state index is -0.190. The normalized spacial score (nSPS) is 10.9. The fraction of sp³-hybridized carbons (Fsp3) is 0.250. The zero-order valence-corrected chi connectivity index (χ0v) is 16.7. The first kappa shape index (κ1) is 19.1. The van der Waals surface area contributed by atoms with Crippen LogP contribution in [0.5, 0.6) is 0 Å². The second-order valence-electron chi connectivity index (χ2n) is 5.68. The minimum Gasteiger partial charge on any atom is -0.411 e. The Kier molecular flexibility index (Phi) is 5.86. The van der Waals surface area contributed by atoms with Crippen molar-refractivity contribution in [2.24, 2.45) is 0 Å². The van der Waals surface area contributed by atoms with E-state index in [1.807, 2.05) is 6.92 Å². The number of hydrogen-bond acceptors (Lipinski definition) is 12. The van der Waals surface area contributed by atoms with Crippen LogP contribution in [-0.2, 0) is 17.0 Å². The summed E-state index contributed by atoms with van der Waals surface area (Å²) >= 11 is 2.61. The van der Waals surface area contributed by atoms with Gasteiger partial charge in [0.2, 0.25) is 22.8 Å². The van der Waals surface area contributed by atoms with Crippen molar-refractivity contribution in [2.45, 2.75) is 30.7 Å². The van der Waals surface area contributed by atoms with Crippen LogP contribution in [0.2, 0.25) is 0 Å². The summed E-state index contributed by atoms with van der Waals surface area (Å²) in [5, 5.41) is 23.9. The van der Waals surface area contributed by atoms with E-state index >= 15 is 0 Å². The van der Waals surface area contributed by atoms with Crippen molar-refractivity contribution in [1.29, 1.82) is 0 Å². The fourth-order valence-corrected chi connectivity index (χ4v) is 3.42. The highest BCUT2D eigenvalue weighted by Crippen LogP contribution is 2.24. The van der Waals surface area contributed by atoms with Gasteiger partial charge in [-0.05, 0) is 19.1 Å². The van der Waals surface area contributed by atoms with Crippen LogP contribution in [0.15, 0.2) is 38.7 Å². The lowest BCUT2D eigenvalue weighted by Crippen LogP contribution is -2.12. The molecule has 0 atom stereocenters. The molecule has 0 unspecified atom stereocenters. The van der Waals surface area contributed by atoms with Crippen LogP contribution < -0.4 is 5.32 Å². The Morgan fingerprint density at radius 3 is 2.86 bits per heavy atom. The largest absolute Gasteiger partial charge is 0.411 e. The number of nitrogens with zero attached hydrogens (tertiary/aromatic N) is 7. The molecule has 0 aliphatic carbocycles. The van der Waals surface area contributed by atoms with Gasteiger partial charge >= 0.3 is 0 Å². The summed E-state index contributed by atoms with van der Waals surface area (Å²) in [6.45, 7) is 1.82. The predicted molar refractivity (Wildman–Crippen MR) is 103 cm³/mol. The van der Waals surface area contributed by atoms with Crippen LogP contribution in [0, 0.1) is 6.92 Å². The summed E-state index contributed by atoms with van der Waals surface area (Å²) in [4.78, 5) is 20.2. The molecule has 4 heterocycles. The van der Waals surface area contributed by atoms with Gasteiger partial charge in [-0.1, -0.05) is 28.3 Å². The molecule has 4 aromatic rings. The summed E-state index contributed by atoms with van der Waals surface area (Å²) in [6, 6.07) is 3.57. The molecule has 1 N–H and O–H groups in total. The number of nitrogens with one attached hydrogen (secondary N) is 1. The van der Waals surface area contributed by atoms with Gasteiger partial charge in [0.15, 0.2) is 5.82 Å². The number of amides is 1. The third-order valence-electron chi connectivity index (χ3n) is 3.51. The average molecular weight is 430 g/mol. The monoisotopic (exact) mass is 430 g/mol. The molecule has 0 saturated carbocycles. The molecule has 13 heteroatoms. The molecule has 0 aromatic carbocycles. The van der Waals surface area contributed by atoms with Gasteiger partial charge in [0.25, 0.3) is 5.22 Å². The number of rotatable bonds is 8. The lowest BCUT2D eigenvalue weighted by molar-refractivity contribution is -0.116. The molecule has 29 heavy (non-hydrogen) atoms. The fourth-order valence-electron chi connectivity index (χ4n) is 2.21. The first-order chi connectivity index (χ1) is 14.2. The number of anilines is 1. The molecule has 0 aliphatic rings. The third kappa shape index (κ3) is 5.20. The number of aryl methyl sites for hydroxylation is 2. The lowest BCUT2D eigenvalue weighted by atomic mass is 10.3. The molecule has 0 aliphatic heterocycles. The van der Waals surface area contributed by atoms with E-state index in [-0.39, 0.29) is 12.3 Å². The average Bonchev–Trinajstić information content (AvgIpc) is 3.47. The van der Waals surface area contributed by atoms with Gasteiger partial charge in [-0.3, -0.25) is 9.78 Å². The number of hydrogen-bond donors (Lipinski definition) is 1. The third-order valence-corrected chi connectivity index (χ3v) is 5.08. The summed E-state index contributed by atoms with van der Waals surface area (Å²) in [6.07, 6.45) is 3.84. The maximum absolute atomic E-state index is 11.9. The van der Waals surface area contributed by atoms with E-state index in [2.05, 4.69) is 40.8 Å². The van der Waals surface area contributed by atoms with Gasteiger partial charge in [-0.2, -0.15) is 4.98 Å². The van der Waals surface area contributed by atoms with E-state index in [1.165, 1.54) is 23.1 Å². The Labute approximate surface area is 172 Å². The van der Waals surface area contributed by atoms with E-state index in [1.54, 1.807) is 24.5 Å². The molecule has 0 radical (unpaired) electrons. The van der Waals surface area contributed by atoms with Crippen molar-refractivity contribution >= 4 is 34.1 Å². The highest BCUT2D eigenvalue weighted by Gasteiger charge is 2.13. The molecular weight excluding hydrogens is 416 g/mol. The van der Waals surface area contributed by atoms with E-state index in [9.17, 15) is 4.79 Å². The molecule has 0 fully saturated rings. The number of aromatic nitrogens is 7. The van der Waals surface area contributed by atoms with Gasteiger partial charge in [-0.25, -0.2) is 0 Å². The summed E-state index contributed by atoms with van der Waals surface area (Å²) in [5.41, 5.74) is 0.795. The predicted octanol–water partition coefficient (Wildman–Crippen LogP) is 2.54. The maximum atomic E-state index is 11.9. The molecule has 11 nitrogen and oxygen atoms in total. The van der Waals surface area contributed by atoms with Gasteiger partial charge in [0.1, 0.15) is 5.01 Å². The standard InChI is InChI=1S/C16H14N8O3S2/c1-9-20-22-15(29-9)19-12(25)2-3-13-18-11(24-27-13)8-28-16-23-21-14(26-16)10-4-6-17-7-5-10/h4-7H,2-3,8H2,1H3,(H,19,22,25). The van der Waals surface area contributed by atoms with Crippen LogP contribution in [-0.4, -0.2) is 41.4 Å². The highest BCUT2D eigenvalue weighted by atomic mass is 32.2. The van der Waals surface area contributed by atoms with Crippen molar-refractivity contribution in [3.63, 3.8) is 0 Å². The SMILES string of the molecule is Cc1nnc(NC(=O)CCc2nc(CSc3nnc(-c4ccncc4)o3)no2)s1. The van der Waals surface area contributed by atoms with E-state index in [0.717, 1.165) is 10.6 Å². The smallest absolute Gasteiger partial charge is 0.277 e. The zero-order chi connectivity index (χ0) is 20.1. The van der Waals surface area contributed by atoms with Crippen LogP contribution in [0.1, 0.15) is 23.1 Å². The molecule has 148 valence electrons. The summed E-state index contributed by atoms with van der Waals surface area (Å²) in [5.74, 6) is 1.49. The number of carbonyl (C=O) groups excluding carboxylic acids is 1. The first-order valence-electron chi connectivity index (χ1n) is 8.44. The second-order valence-corrected chi connectivity index (χ2v) is 7.78. The van der Waals surface area contributed by atoms with Crippen LogP contribution in [0.25, 0.3) is 11.5 Å². The summed E-state index contributed by atoms with van der Waals surface area (Å²) < 4.78 is 10.8. The number of carbonyl (C=O) groups is 1. The Morgan fingerprint density at radius 2 is 2.07 bits per heavy atom. The van der Waals surface area contributed by atoms with Crippen molar-refractivity contribution in [1.82, 2.24) is 35.5 Å². The Hall–Kier alpha value is -3.19. The van der Waals surface area contributed by atoms with Crippen LogP contribution in [0.4, 0.5) is 5.13 Å². The molecule has 0 saturated heterocycles. The quantitative estimate of drug-likeness (QED) is 0.411. The van der Waals surface area contributed by atoms with Gasteiger partial charge < -0.3 is 14.3 Å². The van der Waals surface area contributed by atoms with Crippen molar-refractivity contribution < 1.29 is 13.7 Å². The minimum absolute atomic E-state index is 0.190. The Balaban J connectivity index is 1.25. The lowest BCUT2D eigenvalue weighted by Gasteiger charge is -1.97. The summed E-state index contributed by atoms with van der Waals surface area (Å²) in [7, 11) is 0. The Morgan fingerprint density at radius 1 is 1.21 bits per heavy atom. The molecule has 4 aromatic heterocycles. The molecule has 0 spiro atoms. The van der Waals surface area contributed by atoms with Gasteiger partial charge in [0, 0.05) is 30.8 Å². The van der Waals surface area contributed by atoms with E-state index < -0.39 is 0 Å². The van der Waals surface area contributed by atoms with E-state index in [4.69, 9.17) is 8.94 Å². The van der Waals surface area contributed by atoms with E-state index in [0.29, 0.717) is 40.1 Å². The molecule has 0 bridgehead atoms. The molecule has 4 rings (SSSR count). The number of pyridine rings is 1. The van der Waals surface area contributed by atoms with Crippen molar-refractivity contribution in [3.8, 4) is 11.5 Å². The van der Waals surface area contributed by atoms with Crippen LogP contribution >= 0.6 is 23.1 Å². The van der Waals surface area contributed by atoms with Crippen molar-refractivity contribution in [3.05, 3.63) is 41.2 Å². The first-order valence-corrected chi connectivity index (χ1v) is 10.2. The topological polar surface area (TPSA) is 146 Å². The van der Waals surface area contributed by atoms with Crippen molar-refractivity contribution in [2.75, 3.05) is 5.32 Å². The zero-order valence-electron chi connectivity index (χ0n) is 15.1. The second kappa shape index (κ2) is 8.87.